The molecule has 1 aliphatic heterocycles. The predicted octanol–water partition coefficient (Wildman–Crippen LogP) is 1.45. The molecule has 0 bridgehead atoms. The van der Waals surface area contributed by atoms with E-state index in [-0.39, 0.29) is 19.0 Å². The first-order valence-electron chi connectivity index (χ1n) is 6.54. The molecule has 4 nitrogen and oxygen atoms in total. The van der Waals surface area contributed by atoms with E-state index in [0.29, 0.717) is 6.04 Å². The Labute approximate surface area is 121 Å². The molecule has 5 heteroatoms. The van der Waals surface area contributed by atoms with Gasteiger partial charge in [-0.25, -0.2) is 0 Å². The second-order valence-electron chi connectivity index (χ2n) is 4.59. The van der Waals surface area contributed by atoms with Crippen LogP contribution in [0.15, 0.2) is 24.3 Å². The van der Waals surface area contributed by atoms with Crippen LogP contribution in [0, 0.1) is 0 Å². The third kappa shape index (κ3) is 4.35. The van der Waals surface area contributed by atoms with Crippen LogP contribution in [0.1, 0.15) is 18.0 Å². The molecule has 0 aliphatic carbocycles. The highest BCUT2D eigenvalue weighted by Gasteiger charge is 2.21. The van der Waals surface area contributed by atoms with Gasteiger partial charge >= 0.3 is 0 Å². The van der Waals surface area contributed by atoms with Gasteiger partial charge in [-0.15, -0.1) is 12.4 Å². The van der Waals surface area contributed by atoms with E-state index in [9.17, 15) is 5.11 Å². The van der Waals surface area contributed by atoms with E-state index in [4.69, 9.17) is 4.74 Å². The normalized spacial score (nSPS) is 17.6. The van der Waals surface area contributed by atoms with Gasteiger partial charge in [0.25, 0.3) is 0 Å². The number of nitrogens with zero attached hydrogens (tertiary/aromatic N) is 1. The van der Waals surface area contributed by atoms with Crippen molar-refractivity contribution in [2.24, 2.45) is 0 Å². The highest BCUT2D eigenvalue weighted by molar-refractivity contribution is 5.85. The summed E-state index contributed by atoms with van der Waals surface area (Å²) in [7, 11) is 1.68. The van der Waals surface area contributed by atoms with E-state index in [0.717, 1.165) is 38.3 Å². The minimum Gasteiger partial charge on any atom is -0.497 e. The second kappa shape index (κ2) is 8.38. The van der Waals surface area contributed by atoms with Gasteiger partial charge in [-0.05, 0) is 24.1 Å². The summed E-state index contributed by atoms with van der Waals surface area (Å²) in [6.07, 6.45) is 0.784. The summed E-state index contributed by atoms with van der Waals surface area (Å²) in [5.74, 6) is 0.877. The van der Waals surface area contributed by atoms with Gasteiger partial charge in [0.2, 0.25) is 0 Å². The average Bonchev–Trinajstić information content (AvgIpc) is 2.46. The lowest BCUT2D eigenvalue weighted by molar-refractivity contribution is 0.141. The molecule has 108 valence electrons. The number of benzene rings is 1. The Bertz CT molecular complexity index is 353. The molecule has 1 aliphatic rings. The highest BCUT2D eigenvalue weighted by Crippen LogP contribution is 2.26. The largest absolute Gasteiger partial charge is 0.497 e. The fourth-order valence-electron chi connectivity index (χ4n) is 2.50. The maximum absolute atomic E-state index is 9.26. The number of hydrogen-bond donors (Lipinski definition) is 2. The fourth-order valence-corrected chi connectivity index (χ4v) is 2.50. The van der Waals surface area contributed by atoms with Gasteiger partial charge in [-0.2, -0.15) is 0 Å². The van der Waals surface area contributed by atoms with E-state index >= 15 is 0 Å². The van der Waals surface area contributed by atoms with Crippen molar-refractivity contribution in [2.45, 2.75) is 12.5 Å². The van der Waals surface area contributed by atoms with Crippen molar-refractivity contribution in [3.8, 4) is 5.75 Å². The van der Waals surface area contributed by atoms with Crippen molar-refractivity contribution in [2.75, 3.05) is 39.9 Å². The van der Waals surface area contributed by atoms with Crippen molar-refractivity contribution < 1.29 is 9.84 Å². The van der Waals surface area contributed by atoms with Crippen LogP contribution in [0.25, 0.3) is 0 Å². The van der Waals surface area contributed by atoms with Gasteiger partial charge < -0.3 is 15.2 Å². The van der Waals surface area contributed by atoms with E-state index in [1.54, 1.807) is 7.11 Å². The molecule has 0 radical (unpaired) electrons. The molecule has 0 aromatic heterocycles. The van der Waals surface area contributed by atoms with E-state index in [2.05, 4.69) is 22.3 Å². The lowest BCUT2D eigenvalue weighted by Gasteiger charge is -2.35. The van der Waals surface area contributed by atoms with E-state index in [1.807, 2.05) is 12.1 Å². The minimum atomic E-state index is 0. The number of piperazine rings is 1. The van der Waals surface area contributed by atoms with E-state index in [1.165, 1.54) is 5.56 Å². The Kier molecular flexibility index (Phi) is 7.16. The number of halogens is 1. The number of aliphatic hydroxyl groups excluding tert-OH is 1. The molecule has 0 unspecified atom stereocenters. The quantitative estimate of drug-likeness (QED) is 0.860. The Hall–Kier alpha value is -0.810. The molecule has 2 rings (SSSR count). The molecule has 1 aromatic carbocycles. The van der Waals surface area contributed by atoms with Crippen LogP contribution in [0.3, 0.4) is 0 Å². The Morgan fingerprint density at radius 1 is 1.26 bits per heavy atom. The SMILES string of the molecule is COc1ccc([C@@H](CCO)N2CCNCC2)cc1.Cl. The van der Waals surface area contributed by atoms with Gasteiger partial charge in [-0.1, -0.05) is 12.1 Å². The van der Waals surface area contributed by atoms with Crippen LogP contribution < -0.4 is 10.1 Å². The molecule has 0 spiro atoms. The Morgan fingerprint density at radius 2 is 1.89 bits per heavy atom. The van der Waals surface area contributed by atoms with E-state index < -0.39 is 0 Å². The predicted molar refractivity (Wildman–Crippen MR) is 79.1 cm³/mol. The van der Waals surface area contributed by atoms with Crippen LogP contribution in [0.2, 0.25) is 0 Å². The lowest BCUT2D eigenvalue weighted by atomic mass is 10.0. The molecular weight excluding hydrogens is 264 g/mol. The molecule has 1 saturated heterocycles. The molecule has 1 atom stereocenters. The zero-order chi connectivity index (χ0) is 12.8. The van der Waals surface area contributed by atoms with Gasteiger partial charge in [0.1, 0.15) is 5.75 Å². The smallest absolute Gasteiger partial charge is 0.118 e. The standard InChI is InChI=1S/C14H22N2O2.ClH/c1-18-13-4-2-12(3-5-13)14(6-11-17)16-9-7-15-8-10-16;/h2-5,14-15,17H,6-11H2,1H3;1H/t14-;/m1./s1. The van der Waals surface area contributed by atoms with Gasteiger partial charge in [0.05, 0.1) is 7.11 Å². The summed E-state index contributed by atoms with van der Waals surface area (Å²) in [6, 6.07) is 8.48. The van der Waals surface area contributed by atoms with Gasteiger partial charge in [0, 0.05) is 38.8 Å². The Balaban J connectivity index is 0.00000180. The monoisotopic (exact) mass is 286 g/mol. The molecule has 19 heavy (non-hydrogen) atoms. The number of nitrogens with one attached hydrogen (secondary N) is 1. The number of rotatable bonds is 5. The number of methoxy groups -OCH3 is 1. The average molecular weight is 287 g/mol. The van der Waals surface area contributed by atoms with Gasteiger partial charge in [0.15, 0.2) is 0 Å². The van der Waals surface area contributed by atoms with Crippen LogP contribution in [-0.2, 0) is 0 Å². The molecule has 1 heterocycles. The lowest BCUT2D eigenvalue weighted by Crippen LogP contribution is -2.45. The van der Waals surface area contributed by atoms with Crippen molar-refractivity contribution in [1.82, 2.24) is 10.2 Å². The van der Waals surface area contributed by atoms with Crippen LogP contribution in [0.5, 0.6) is 5.75 Å². The molecule has 1 aromatic rings. The summed E-state index contributed by atoms with van der Waals surface area (Å²) >= 11 is 0. The number of aliphatic hydroxyl groups is 1. The summed E-state index contributed by atoms with van der Waals surface area (Å²) < 4.78 is 5.18. The zero-order valence-electron chi connectivity index (χ0n) is 11.3. The number of ether oxygens (including phenoxy) is 1. The molecule has 0 saturated carbocycles. The van der Waals surface area contributed by atoms with Crippen LogP contribution in [0.4, 0.5) is 0 Å². The summed E-state index contributed by atoms with van der Waals surface area (Å²) in [5.41, 5.74) is 1.26. The van der Waals surface area contributed by atoms with Crippen molar-refractivity contribution in [3.63, 3.8) is 0 Å². The summed E-state index contributed by atoms with van der Waals surface area (Å²) in [5, 5.41) is 12.6. The maximum Gasteiger partial charge on any atom is 0.118 e. The van der Waals surface area contributed by atoms with Crippen LogP contribution >= 0.6 is 12.4 Å². The first-order chi connectivity index (χ1) is 8.85. The maximum atomic E-state index is 9.26. The van der Waals surface area contributed by atoms with Crippen LogP contribution in [-0.4, -0.2) is 49.9 Å². The number of hydrogen-bond acceptors (Lipinski definition) is 4. The Morgan fingerprint density at radius 3 is 2.42 bits per heavy atom. The topological polar surface area (TPSA) is 44.7 Å². The van der Waals surface area contributed by atoms with Crippen molar-refractivity contribution in [1.29, 1.82) is 0 Å². The summed E-state index contributed by atoms with van der Waals surface area (Å²) in [4.78, 5) is 2.44. The molecule has 1 fully saturated rings. The second-order valence-corrected chi connectivity index (χ2v) is 4.59. The third-order valence-corrected chi connectivity index (χ3v) is 3.50. The minimum absolute atomic E-state index is 0. The summed E-state index contributed by atoms with van der Waals surface area (Å²) in [6.45, 7) is 4.35. The molecular formula is C14H23ClN2O2. The third-order valence-electron chi connectivity index (χ3n) is 3.50. The first-order valence-corrected chi connectivity index (χ1v) is 6.54. The fraction of sp³-hybridized carbons (Fsp3) is 0.571. The molecule has 2 N–H and O–H groups in total. The highest BCUT2D eigenvalue weighted by atomic mass is 35.5. The van der Waals surface area contributed by atoms with Crippen molar-refractivity contribution in [3.05, 3.63) is 29.8 Å². The first kappa shape index (κ1) is 16.2. The van der Waals surface area contributed by atoms with Gasteiger partial charge in [-0.3, -0.25) is 4.90 Å². The zero-order valence-corrected chi connectivity index (χ0v) is 12.2. The molecule has 0 amide bonds. The van der Waals surface area contributed by atoms with Crippen molar-refractivity contribution >= 4 is 12.4 Å².